The van der Waals surface area contributed by atoms with E-state index >= 15 is 0 Å². The Kier molecular flexibility index (Phi) is 3.60. The fourth-order valence-electron chi connectivity index (χ4n) is 1.20. The molecule has 0 aromatic carbocycles. The SMILES string of the molecule is C[C-](C(C)C)C(C)(C)C(C)C. The van der Waals surface area contributed by atoms with E-state index in [0.717, 1.165) is 5.92 Å². The van der Waals surface area contributed by atoms with Crippen molar-refractivity contribution in [3.8, 4) is 0 Å². The van der Waals surface area contributed by atoms with Crippen molar-refractivity contribution >= 4 is 0 Å². The van der Waals surface area contributed by atoms with Gasteiger partial charge in [0.25, 0.3) is 0 Å². The van der Waals surface area contributed by atoms with Crippen molar-refractivity contribution in [2.45, 2.75) is 48.5 Å². The van der Waals surface area contributed by atoms with E-state index in [1.165, 1.54) is 0 Å². The number of hydrogen-bond donors (Lipinski definition) is 0. The van der Waals surface area contributed by atoms with Crippen LogP contribution in [0.1, 0.15) is 48.5 Å². The molecule has 0 aliphatic rings. The molecule has 11 heavy (non-hydrogen) atoms. The van der Waals surface area contributed by atoms with E-state index in [0.29, 0.717) is 11.3 Å². The summed E-state index contributed by atoms with van der Waals surface area (Å²) in [5, 5.41) is 0. The smallest absolute Gasteiger partial charge is 0.0647 e. The molecule has 0 heteroatoms. The first-order chi connectivity index (χ1) is 4.80. The lowest BCUT2D eigenvalue weighted by atomic mass is 9.67. The Hall–Kier alpha value is 0. The van der Waals surface area contributed by atoms with Gasteiger partial charge in [0.15, 0.2) is 0 Å². The molecule has 68 valence electrons. The Morgan fingerprint density at radius 1 is 1.00 bits per heavy atom. The third kappa shape index (κ3) is 2.50. The van der Waals surface area contributed by atoms with Crippen LogP contribution in [0.3, 0.4) is 0 Å². The molecule has 0 heterocycles. The zero-order chi connectivity index (χ0) is 9.23. The van der Waals surface area contributed by atoms with E-state index in [-0.39, 0.29) is 0 Å². The van der Waals surface area contributed by atoms with Gasteiger partial charge in [-0.3, -0.25) is 0 Å². The first-order valence-electron chi connectivity index (χ1n) is 4.64. The van der Waals surface area contributed by atoms with Crippen LogP contribution in [0.25, 0.3) is 0 Å². The molecule has 0 radical (unpaired) electrons. The van der Waals surface area contributed by atoms with E-state index in [4.69, 9.17) is 0 Å². The molecule has 0 fully saturated rings. The van der Waals surface area contributed by atoms with Gasteiger partial charge in [-0.2, -0.15) is 18.3 Å². The van der Waals surface area contributed by atoms with E-state index < -0.39 is 0 Å². The van der Waals surface area contributed by atoms with Crippen molar-refractivity contribution in [1.29, 1.82) is 0 Å². The second-order valence-corrected chi connectivity index (χ2v) is 4.71. The van der Waals surface area contributed by atoms with Crippen molar-refractivity contribution in [2.75, 3.05) is 0 Å². The van der Waals surface area contributed by atoms with Crippen molar-refractivity contribution in [3.05, 3.63) is 5.92 Å². The molecule has 0 nitrogen and oxygen atoms in total. The summed E-state index contributed by atoms with van der Waals surface area (Å²) in [7, 11) is 0. The van der Waals surface area contributed by atoms with E-state index in [1.54, 1.807) is 5.92 Å². The molecular formula is C11H23-. The van der Waals surface area contributed by atoms with Crippen LogP contribution >= 0.6 is 0 Å². The molecule has 0 N–H and O–H groups in total. The van der Waals surface area contributed by atoms with Gasteiger partial charge in [0.05, 0.1) is 0 Å². The van der Waals surface area contributed by atoms with Crippen LogP contribution in [-0.4, -0.2) is 0 Å². The fourth-order valence-corrected chi connectivity index (χ4v) is 1.20. The maximum atomic E-state index is 2.34. The molecule has 0 saturated heterocycles. The quantitative estimate of drug-likeness (QED) is 0.542. The molecule has 0 rings (SSSR count). The van der Waals surface area contributed by atoms with Gasteiger partial charge in [-0.25, -0.2) is 0 Å². The topological polar surface area (TPSA) is 0 Å². The van der Waals surface area contributed by atoms with Gasteiger partial charge < -0.3 is 5.92 Å². The molecule has 0 aromatic rings. The highest BCUT2D eigenvalue weighted by Crippen LogP contribution is 2.40. The molecule has 0 amide bonds. The molecule has 0 spiro atoms. The molecule has 0 atom stereocenters. The van der Waals surface area contributed by atoms with Crippen LogP contribution in [0.15, 0.2) is 0 Å². The maximum absolute atomic E-state index is 2.34. The normalized spacial score (nSPS) is 13.6. The lowest BCUT2D eigenvalue weighted by Crippen LogP contribution is -2.29. The minimum atomic E-state index is 0.397. The summed E-state index contributed by atoms with van der Waals surface area (Å²) in [6.07, 6.45) is 0. The van der Waals surface area contributed by atoms with Crippen LogP contribution in [0.4, 0.5) is 0 Å². The Morgan fingerprint density at radius 3 is 1.45 bits per heavy atom. The van der Waals surface area contributed by atoms with Gasteiger partial charge in [0.1, 0.15) is 0 Å². The van der Waals surface area contributed by atoms with Crippen molar-refractivity contribution < 1.29 is 0 Å². The van der Waals surface area contributed by atoms with E-state index in [9.17, 15) is 0 Å². The zero-order valence-electron chi connectivity index (χ0n) is 9.15. The average molecular weight is 155 g/mol. The largest absolute Gasteiger partial charge is 0.308 e. The highest BCUT2D eigenvalue weighted by atomic mass is 14.4. The summed E-state index contributed by atoms with van der Waals surface area (Å²) >= 11 is 0. The van der Waals surface area contributed by atoms with E-state index in [1.807, 2.05) is 0 Å². The molecule has 0 aliphatic carbocycles. The second kappa shape index (κ2) is 3.60. The Balaban J connectivity index is 4.29. The Bertz CT molecular complexity index is 109. The van der Waals surface area contributed by atoms with Gasteiger partial charge in [-0.1, -0.05) is 47.5 Å². The second-order valence-electron chi connectivity index (χ2n) is 4.71. The molecule has 0 aliphatic heterocycles. The number of rotatable bonds is 3. The highest BCUT2D eigenvalue weighted by molar-refractivity contribution is 5.02. The lowest BCUT2D eigenvalue weighted by Gasteiger charge is -2.51. The summed E-state index contributed by atoms with van der Waals surface area (Å²) in [5.41, 5.74) is 0.397. The third-order valence-corrected chi connectivity index (χ3v) is 3.33. The Morgan fingerprint density at radius 2 is 1.36 bits per heavy atom. The van der Waals surface area contributed by atoms with Crippen LogP contribution < -0.4 is 0 Å². The first-order valence-corrected chi connectivity index (χ1v) is 4.64. The monoisotopic (exact) mass is 155 g/mol. The maximum Gasteiger partial charge on any atom is -0.0647 e. The predicted molar refractivity (Wildman–Crippen MR) is 52.4 cm³/mol. The van der Waals surface area contributed by atoms with Crippen molar-refractivity contribution in [1.82, 2.24) is 0 Å². The molecule has 0 aromatic heterocycles. The van der Waals surface area contributed by atoms with Crippen LogP contribution in [-0.2, 0) is 0 Å². The minimum Gasteiger partial charge on any atom is -0.308 e. The third-order valence-electron chi connectivity index (χ3n) is 3.33. The minimum absolute atomic E-state index is 0.397. The fraction of sp³-hybridized carbons (Fsp3) is 0.909. The average Bonchev–Trinajstić information content (AvgIpc) is 1.85. The van der Waals surface area contributed by atoms with Gasteiger partial charge in [-0.05, 0) is 0 Å². The zero-order valence-corrected chi connectivity index (χ0v) is 9.15. The van der Waals surface area contributed by atoms with Crippen LogP contribution in [0.2, 0.25) is 0 Å². The van der Waals surface area contributed by atoms with Gasteiger partial charge in [0.2, 0.25) is 0 Å². The summed E-state index contributed by atoms with van der Waals surface area (Å²) in [5.74, 6) is 3.07. The molecule has 0 unspecified atom stereocenters. The van der Waals surface area contributed by atoms with Crippen LogP contribution in [0.5, 0.6) is 0 Å². The van der Waals surface area contributed by atoms with Crippen LogP contribution in [0, 0.1) is 23.2 Å². The standard InChI is InChI=1S/C11H23/c1-8(2)10(5)11(6,7)9(3)4/h8-9H,1-7H3/q-1. The van der Waals surface area contributed by atoms with Gasteiger partial charge >= 0.3 is 0 Å². The van der Waals surface area contributed by atoms with Gasteiger partial charge in [-0.15, -0.1) is 0 Å². The summed E-state index contributed by atoms with van der Waals surface area (Å²) < 4.78 is 0. The molecule has 0 bridgehead atoms. The summed E-state index contributed by atoms with van der Waals surface area (Å²) in [6.45, 7) is 16.1. The first kappa shape index (κ1) is 11.0. The lowest BCUT2D eigenvalue weighted by molar-refractivity contribution is 0.237. The van der Waals surface area contributed by atoms with Crippen molar-refractivity contribution in [3.63, 3.8) is 0 Å². The van der Waals surface area contributed by atoms with Crippen molar-refractivity contribution in [2.24, 2.45) is 17.3 Å². The van der Waals surface area contributed by atoms with Gasteiger partial charge in [0, 0.05) is 0 Å². The summed E-state index contributed by atoms with van der Waals surface area (Å²) in [6, 6.07) is 0. The number of hydrogen-bond acceptors (Lipinski definition) is 0. The summed E-state index contributed by atoms with van der Waals surface area (Å²) in [4.78, 5) is 0. The molecular weight excluding hydrogens is 132 g/mol. The van der Waals surface area contributed by atoms with E-state index in [2.05, 4.69) is 48.5 Å². The Labute approximate surface area is 72.4 Å². The molecule has 0 saturated carbocycles. The predicted octanol–water partition coefficient (Wildman–Crippen LogP) is 3.92. The highest BCUT2D eigenvalue weighted by Gasteiger charge is 2.19.